The fourth-order valence-corrected chi connectivity index (χ4v) is 5.19. The number of rotatable bonds is 9. The smallest absolute Gasteiger partial charge is 0.266 e. The highest BCUT2D eigenvalue weighted by Gasteiger charge is 2.26. The van der Waals surface area contributed by atoms with E-state index in [4.69, 9.17) is 15.9 Å². The molecular weight excluding hydrogens is 466 g/mol. The molecule has 3 rings (SSSR count). The van der Waals surface area contributed by atoms with Gasteiger partial charge in [-0.2, -0.15) is 9.57 Å². The molecule has 1 fully saturated rings. The summed E-state index contributed by atoms with van der Waals surface area (Å²) >= 11 is 0. The molecule has 0 bridgehead atoms. The summed E-state index contributed by atoms with van der Waals surface area (Å²) in [5.74, 6) is 2.61. The average Bonchev–Trinajstić information content (AvgIpc) is 2.87. The van der Waals surface area contributed by atoms with Crippen molar-refractivity contribution in [3.05, 3.63) is 53.6 Å². The lowest BCUT2D eigenvalue weighted by molar-refractivity contribution is -0.112. The topological polar surface area (TPSA) is 109 Å². The van der Waals surface area contributed by atoms with Crippen LogP contribution in [0.5, 0.6) is 11.5 Å². The zero-order valence-corrected chi connectivity index (χ0v) is 20.3. The van der Waals surface area contributed by atoms with E-state index >= 15 is 0 Å². The number of ether oxygens (including phenoxy) is 2. The fraction of sp³-hybridized carbons (Fsp3) is 0.308. The van der Waals surface area contributed by atoms with Crippen LogP contribution in [0, 0.1) is 23.7 Å². The molecule has 182 valence electrons. The lowest BCUT2D eigenvalue weighted by Gasteiger charge is -2.26. The van der Waals surface area contributed by atoms with Gasteiger partial charge in [0.25, 0.3) is 5.91 Å². The highest BCUT2D eigenvalue weighted by atomic mass is 32.2. The van der Waals surface area contributed by atoms with Crippen LogP contribution in [0.15, 0.2) is 52.9 Å². The van der Waals surface area contributed by atoms with Gasteiger partial charge in [0.2, 0.25) is 10.0 Å². The second-order valence-electron chi connectivity index (χ2n) is 7.75. The highest BCUT2D eigenvalue weighted by Crippen LogP contribution is 2.29. The molecule has 1 heterocycles. The number of carbonyl (C=O) groups excluding carboxylic acids is 1. The van der Waals surface area contributed by atoms with Gasteiger partial charge in [-0.15, -0.1) is 6.42 Å². The first-order valence-electron chi connectivity index (χ1n) is 11.3. The van der Waals surface area contributed by atoms with Crippen molar-refractivity contribution in [1.82, 2.24) is 4.31 Å². The van der Waals surface area contributed by atoms with Crippen molar-refractivity contribution in [2.45, 2.75) is 31.1 Å². The van der Waals surface area contributed by atoms with Gasteiger partial charge in [0, 0.05) is 18.8 Å². The van der Waals surface area contributed by atoms with E-state index in [-0.39, 0.29) is 22.8 Å². The molecule has 2 aromatic rings. The second-order valence-corrected chi connectivity index (χ2v) is 9.69. The minimum absolute atomic E-state index is 0.0770. The van der Waals surface area contributed by atoms with Gasteiger partial charge in [-0.3, -0.25) is 4.79 Å². The average molecular weight is 494 g/mol. The molecule has 1 N–H and O–H groups in total. The van der Waals surface area contributed by atoms with Crippen molar-refractivity contribution in [2.24, 2.45) is 0 Å². The number of sulfonamides is 1. The summed E-state index contributed by atoms with van der Waals surface area (Å²) in [5.41, 5.74) is 0.672. The number of benzene rings is 2. The predicted molar refractivity (Wildman–Crippen MR) is 133 cm³/mol. The number of anilines is 1. The maximum Gasteiger partial charge on any atom is 0.266 e. The zero-order chi connectivity index (χ0) is 25.3. The molecule has 0 unspecified atom stereocenters. The van der Waals surface area contributed by atoms with Crippen LogP contribution in [-0.4, -0.2) is 44.9 Å². The van der Waals surface area contributed by atoms with E-state index in [0.717, 1.165) is 19.3 Å². The molecule has 35 heavy (non-hydrogen) atoms. The van der Waals surface area contributed by atoms with Gasteiger partial charge < -0.3 is 14.8 Å². The molecular formula is C26H27N3O5S. The predicted octanol–water partition coefficient (Wildman–Crippen LogP) is 3.82. The Kier molecular flexibility index (Phi) is 8.91. The van der Waals surface area contributed by atoms with Crippen LogP contribution in [0.2, 0.25) is 0 Å². The molecule has 9 heteroatoms. The molecule has 0 atom stereocenters. The van der Waals surface area contributed by atoms with Crippen LogP contribution in [0.3, 0.4) is 0 Å². The Balaban J connectivity index is 1.80. The van der Waals surface area contributed by atoms with Crippen LogP contribution in [0.25, 0.3) is 6.08 Å². The quantitative estimate of drug-likeness (QED) is 0.323. The molecule has 0 radical (unpaired) electrons. The first kappa shape index (κ1) is 25.8. The number of nitrogens with zero attached hydrogens (tertiary/aromatic N) is 2. The Morgan fingerprint density at radius 2 is 1.91 bits per heavy atom. The Bertz CT molecular complexity index is 1280. The van der Waals surface area contributed by atoms with Gasteiger partial charge >= 0.3 is 0 Å². The number of terminal acetylenes is 1. The Labute approximate surface area is 206 Å². The van der Waals surface area contributed by atoms with Crippen LogP contribution in [0.4, 0.5) is 5.69 Å². The van der Waals surface area contributed by atoms with E-state index in [1.807, 2.05) is 13.0 Å². The van der Waals surface area contributed by atoms with Crippen molar-refractivity contribution in [2.75, 3.05) is 31.6 Å². The summed E-state index contributed by atoms with van der Waals surface area (Å²) in [4.78, 5) is 12.9. The molecule has 2 aromatic carbocycles. The highest BCUT2D eigenvalue weighted by molar-refractivity contribution is 7.89. The van der Waals surface area contributed by atoms with Crippen molar-refractivity contribution < 1.29 is 22.7 Å². The van der Waals surface area contributed by atoms with E-state index in [0.29, 0.717) is 36.8 Å². The van der Waals surface area contributed by atoms with Crippen LogP contribution in [-0.2, 0) is 14.8 Å². The van der Waals surface area contributed by atoms with Gasteiger partial charge in [-0.05, 0) is 61.7 Å². The summed E-state index contributed by atoms with van der Waals surface area (Å²) < 4.78 is 38.4. The number of hydrogen-bond acceptors (Lipinski definition) is 6. The number of nitrogens with one attached hydrogen (secondary N) is 1. The third kappa shape index (κ3) is 6.63. The summed E-state index contributed by atoms with van der Waals surface area (Å²) in [6.45, 7) is 3.25. The summed E-state index contributed by atoms with van der Waals surface area (Å²) in [7, 11) is -3.65. The molecule has 1 saturated heterocycles. The van der Waals surface area contributed by atoms with Gasteiger partial charge in [0.15, 0.2) is 11.5 Å². The SMILES string of the molecule is C#CCOc1ccc(/C=C(\C#N)C(=O)Nc2cccc(S(=O)(=O)N3CCCCC3)c2)cc1OCC. The maximum absolute atomic E-state index is 13.0. The number of carbonyl (C=O) groups is 1. The maximum atomic E-state index is 13.0. The molecule has 1 aliphatic rings. The first-order chi connectivity index (χ1) is 16.9. The van der Waals surface area contributed by atoms with Gasteiger partial charge in [0.1, 0.15) is 18.2 Å². The largest absolute Gasteiger partial charge is 0.490 e. The number of piperidine rings is 1. The number of hydrogen-bond donors (Lipinski definition) is 1. The Hall–Kier alpha value is -3.79. The van der Waals surface area contributed by atoms with Gasteiger partial charge in [0.05, 0.1) is 11.5 Å². The summed E-state index contributed by atoms with van der Waals surface area (Å²) in [5, 5.41) is 12.2. The number of nitriles is 1. The second kappa shape index (κ2) is 12.1. The van der Waals surface area contributed by atoms with Crippen LogP contribution in [0.1, 0.15) is 31.7 Å². The van der Waals surface area contributed by atoms with E-state index in [9.17, 15) is 18.5 Å². The molecule has 1 aliphatic heterocycles. The molecule has 0 aliphatic carbocycles. The summed E-state index contributed by atoms with van der Waals surface area (Å²) in [6, 6.07) is 12.9. The third-order valence-electron chi connectivity index (χ3n) is 5.30. The first-order valence-corrected chi connectivity index (χ1v) is 12.7. The monoisotopic (exact) mass is 493 g/mol. The van der Waals surface area contributed by atoms with Crippen LogP contribution < -0.4 is 14.8 Å². The van der Waals surface area contributed by atoms with Crippen molar-refractivity contribution in [3.63, 3.8) is 0 Å². The van der Waals surface area contributed by atoms with E-state index in [2.05, 4.69) is 11.2 Å². The molecule has 8 nitrogen and oxygen atoms in total. The molecule has 0 spiro atoms. The van der Waals surface area contributed by atoms with Crippen LogP contribution >= 0.6 is 0 Å². The lowest BCUT2D eigenvalue weighted by atomic mass is 10.1. The minimum Gasteiger partial charge on any atom is -0.490 e. The standard InChI is InChI=1S/C26H27N3O5S/c1-3-15-34-24-12-11-20(17-25(24)33-4-2)16-21(19-27)26(30)28-22-9-8-10-23(18-22)35(31,32)29-13-6-5-7-14-29/h1,8-12,16-18H,4-7,13-15H2,2H3,(H,28,30)/b21-16+. The third-order valence-corrected chi connectivity index (χ3v) is 7.19. The van der Waals surface area contributed by atoms with E-state index in [1.54, 1.807) is 30.3 Å². The Morgan fingerprint density at radius 1 is 1.14 bits per heavy atom. The van der Waals surface area contributed by atoms with E-state index in [1.165, 1.54) is 22.5 Å². The van der Waals surface area contributed by atoms with Crippen molar-refractivity contribution in [1.29, 1.82) is 5.26 Å². The lowest BCUT2D eigenvalue weighted by Crippen LogP contribution is -2.35. The molecule has 0 saturated carbocycles. The molecule has 0 aromatic heterocycles. The summed E-state index contributed by atoms with van der Waals surface area (Å²) in [6.07, 6.45) is 9.32. The Morgan fingerprint density at radius 3 is 2.60 bits per heavy atom. The minimum atomic E-state index is -3.65. The molecule has 1 amide bonds. The van der Waals surface area contributed by atoms with Crippen molar-refractivity contribution in [3.8, 4) is 29.9 Å². The number of amides is 1. The zero-order valence-electron chi connectivity index (χ0n) is 19.5. The van der Waals surface area contributed by atoms with Gasteiger partial charge in [-0.25, -0.2) is 8.42 Å². The normalized spacial score (nSPS) is 14.4. The van der Waals surface area contributed by atoms with E-state index < -0.39 is 15.9 Å². The van der Waals surface area contributed by atoms with Crippen molar-refractivity contribution >= 4 is 27.7 Å². The van der Waals surface area contributed by atoms with Gasteiger partial charge in [-0.1, -0.05) is 24.5 Å². The fourth-order valence-electron chi connectivity index (χ4n) is 3.62.